The standard InChI is InChI=1S/C19H22N2/c1-3-10-17(11-4-1)20-15-16-9-7-8-14-19(16)21-18-12-5-2-6-13-18/h2,5-9,12-15,17,21H,1,3-4,10-11H2. The van der Waals surface area contributed by atoms with E-state index in [4.69, 9.17) is 4.99 Å². The van der Waals surface area contributed by atoms with Crippen molar-refractivity contribution in [1.82, 2.24) is 0 Å². The van der Waals surface area contributed by atoms with Gasteiger partial charge in [0.05, 0.1) is 0 Å². The maximum Gasteiger partial charge on any atom is 0.0499 e. The summed E-state index contributed by atoms with van der Waals surface area (Å²) in [4.78, 5) is 4.79. The van der Waals surface area contributed by atoms with Gasteiger partial charge in [0.2, 0.25) is 0 Å². The summed E-state index contributed by atoms with van der Waals surface area (Å²) in [7, 11) is 0. The third-order valence-corrected chi connectivity index (χ3v) is 4.01. The summed E-state index contributed by atoms with van der Waals surface area (Å²) in [6, 6.07) is 19.1. The maximum absolute atomic E-state index is 4.79. The summed E-state index contributed by atoms with van der Waals surface area (Å²) in [5.41, 5.74) is 3.38. The largest absolute Gasteiger partial charge is 0.355 e. The predicted octanol–water partition coefficient (Wildman–Crippen LogP) is 5.18. The number of hydrogen-bond donors (Lipinski definition) is 1. The van der Waals surface area contributed by atoms with Crippen molar-refractivity contribution in [2.24, 2.45) is 4.99 Å². The minimum absolute atomic E-state index is 0.517. The van der Waals surface area contributed by atoms with Crippen LogP contribution in [0.1, 0.15) is 37.7 Å². The number of nitrogens with one attached hydrogen (secondary N) is 1. The molecule has 2 nitrogen and oxygen atoms in total. The molecular formula is C19H22N2. The zero-order valence-corrected chi connectivity index (χ0v) is 12.3. The lowest BCUT2D eigenvalue weighted by molar-refractivity contribution is 0.444. The Morgan fingerprint density at radius 1 is 0.857 bits per heavy atom. The maximum atomic E-state index is 4.79. The van der Waals surface area contributed by atoms with Gasteiger partial charge in [0, 0.05) is 29.2 Å². The highest BCUT2D eigenvalue weighted by molar-refractivity contribution is 5.89. The highest BCUT2D eigenvalue weighted by Crippen LogP contribution is 2.22. The van der Waals surface area contributed by atoms with Gasteiger partial charge in [0.15, 0.2) is 0 Å². The van der Waals surface area contributed by atoms with E-state index >= 15 is 0 Å². The topological polar surface area (TPSA) is 24.4 Å². The quantitative estimate of drug-likeness (QED) is 0.765. The SMILES string of the molecule is C(=NC1CCCCC1)c1ccccc1Nc1ccccc1. The summed E-state index contributed by atoms with van der Waals surface area (Å²) in [6.45, 7) is 0. The van der Waals surface area contributed by atoms with Crippen LogP contribution < -0.4 is 5.32 Å². The van der Waals surface area contributed by atoms with Crippen molar-refractivity contribution < 1.29 is 0 Å². The van der Waals surface area contributed by atoms with Crippen LogP contribution in [0, 0.1) is 0 Å². The zero-order chi connectivity index (χ0) is 14.3. The van der Waals surface area contributed by atoms with E-state index in [0.717, 1.165) is 16.9 Å². The van der Waals surface area contributed by atoms with Gasteiger partial charge in [-0.3, -0.25) is 4.99 Å². The first-order chi connectivity index (χ1) is 10.4. The lowest BCUT2D eigenvalue weighted by Gasteiger charge is -2.17. The highest BCUT2D eigenvalue weighted by atomic mass is 14.9. The molecule has 108 valence electrons. The summed E-state index contributed by atoms with van der Waals surface area (Å²) in [5.74, 6) is 0. The molecule has 0 unspecified atom stereocenters. The fraction of sp³-hybridized carbons (Fsp3) is 0.316. The van der Waals surface area contributed by atoms with Crippen LogP contribution in [0.4, 0.5) is 11.4 Å². The summed E-state index contributed by atoms with van der Waals surface area (Å²) >= 11 is 0. The third-order valence-electron chi connectivity index (χ3n) is 4.01. The monoisotopic (exact) mass is 278 g/mol. The molecule has 0 radical (unpaired) electrons. The van der Waals surface area contributed by atoms with Crippen LogP contribution in [0.3, 0.4) is 0 Å². The molecule has 1 saturated carbocycles. The molecule has 0 atom stereocenters. The van der Waals surface area contributed by atoms with Crippen LogP contribution in [0.2, 0.25) is 0 Å². The first-order valence-electron chi connectivity index (χ1n) is 7.86. The second-order valence-electron chi connectivity index (χ2n) is 5.65. The van der Waals surface area contributed by atoms with Crippen molar-refractivity contribution in [2.75, 3.05) is 5.32 Å². The highest BCUT2D eigenvalue weighted by Gasteiger charge is 2.11. The number of nitrogens with zero attached hydrogens (tertiary/aromatic N) is 1. The Balaban J connectivity index is 1.74. The van der Waals surface area contributed by atoms with E-state index in [-0.39, 0.29) is 0 Å². The molecule has 0 amide bonds. The smallest absolute Gasteiger partial charge is 0.0499 e. The normalized spacial score (nSPS) is 16.2. The van der Waals surface area contributed by atoms with E-state index in [1.54, 1.807) is 0 Å². The van der Waals surface area contributed by atoms with Crippen molar-refractivity contribution in [3.05, 3.63) is 60.2 Å². The van der Waals surface area contributed by atoms with Gasteiger partial charge in [-0.15, -0.1) is 0 Å². The van der Waals surface area contributed by atoms with E-state index in [1.807, 2.05) is 24.4 Å². The Kier molecular flexibility index (Phi) is 4.67. The number of benzene rings is 2. The van der Waals surface area contributed by atoms with Crippen molar-refractivity contribution in [3.8, 4) is 0 Å². The fourth-order valence-electron chi connectivity index (χ4n) is 2.82. The average molecular weight is 278 g/mol. The lowest BCUT2D eigenvalue weighted by atomic mass is 9.96. The second kappa shape index (κ2) is 7.07. The van der Waals surface area contributed by atoms with Crippen LogP contribution in [0.5, 0.6) is 0 Å². The molecule has 1 aliphatic carbocycles. The minimum Gasteiger partial charge on any atom is -0.355 e. The Morgan fingerprint density at radius 3 is 2.38 bits per heavy atom. The van der Waals surface area contributed by atoms with E-state index in [1.165, 1.54) is 32.1 Å². The molecule has 2 heteroatoms. The molecule has 1 fully saturated rings. The predicted molar refractivity (Wildman–Crippen MR) is 90.6 cm³/mol. The van der Waals surface area contributed by atoms with Gasteiger partial charge in [-0.2, -0.15) is 0 Å². The first kappa shape index (κ1) is 13.9. The summed E-state index contributed by atoms with van der Waals surface area (Å²) in [5, 5.41) is 3.47. The first-order valence-corrected chi connectivity index (χ1v) is 7.86. The van der Waals surface area contributed by atoms with E-state index in [9.17, 15) is 0 Å². The number of anilines is 2. The molecule has 0 aliphatic heterocycles. The summed E-state index contributed by atoms with van der Waals surface area (Å²) in [6.07, 6.45) is 8.55. The van der Waals surface area contributed by atoms with Crippen LogP contribution in [0.15, 0.2) is 59.6 Å². The Bertz CT molecular complexity index is 584. The second-order valence-corrected chi connectivity index (χ2v) is 5.65. The van der Waals surface area contributed by atoms with Gasteiger partial charge in [0.1, 0.15) is 0 Å². The van der Waals surface area contributed by atoms with Gasteiger partial charge in [0.25, 0.3) is 0 Å². The number of aliphatic imine (C=N–C) groups is 1. The van der Waals surface area contributed by atoms with Crippen molar-refractivity contribution in [3.63, 3.8) is 0 Å². The molecule has 0 heterocycles. The van der Waals surface area contributed by atoms with Gasteiger partial charge in [-0.05, 0) is 31.0 Å². The Hall–Kier alpha value is -2.09. The van der Waals surface area contributed by atoms with Gasteiger partial charge in [-0.25, -0.2) is 0 Å². The molecule has 21 heavy (non-hydrogen) atoms. The van der Waals surface area contributed by atoms with Gasteiger partial charge in [-0.1, -0.05) is 55.7 Å². The molecule has 0 bridgehead atoms. The van der Waals surface area contributed by atoms with Crippen LogP contribution >= 0.6 is 0 Å². The van der Waals surface area contributed by atoms with Crippen LogP contribution in [-0.4, -0.2) is 12.3 Å². The molecule has 3 rings (SSSR count). The number of hydrogen-bond acceptors (Lipinski definition) is 2. The van der Waals surface area contributed by atoms with E-state index in [2.05, 4.69) is 41.7 Å². The van der Waals surface area contributed by atoms with Gasteiger partial charge < -0.3 is 5.32 Å². The van der Waals surface area contributed by atoms with Crippen molar-refractivity contribution >= 4 is 17.6 Å². The third kappa shape index (κ3) is 3.94. The van der Waals surface area contributed by atoms with E-state index < -0.39 is 0 Å². The Labute approximate surface area is 126 Å². The van der Waals surface area contributed by atoms with Crippen LogP contribution in [0.25, 0.3) is 0 Å². The molecule has 0 aromatic heterocycles. The minimum atomic E-state index is 0.517. The van der Waals surface area contributed by atoms with Crippen LogP contribution in [-0.2, 0) is 0 Å². The molecule has 0 saturated heterocycles. The number of para-hydroxylation sites is 2. The zero-order valence-electron chi connectivity index (χ0n) is 12.3. The molecule has 0 spiro atoms. The average Bonchev–Trinajstić information content (AvgIpc) is 2.56. The Morgan fingerprint density at radius 2 is 1.57 bits per heavy atom. The van der Waals surface area contributed by atoms with Crippen molar-refractivity contribution in [2.45, 2.75) is 38.1 Å². The summed E-state index contributed by atoms with van der Waals surface area (Å²) < 4.78 is 0. The fourth-order valence-corrected chi connectivity index (χ4v) is 2.82. The van der Waals surface area contributed by atoms with Crippen molar-refractivity contribution in [1.29, 1.82) is 0 Å². The van der Waals surface area contributed by atoms with Gasteiger partial charge >= 0.3 is 0 Å². The molecular weight excluding hydrogens is 256 g/mol. The van der Waals surface area contributed by atoms with E-state index in [0.29, 0.717) is 6.04 Å². The number of rotatable bonds is 4. The molecule has 1 aliphatic rings. The molecule has 1 N–H and O–H groups in total. The molecule has 2 aromatic rings. The molecule has 2 aromatic carbocycles. The lowest BCUT2D eigenvalue weighted by Crippen LogP contribution is -2.09.